The van der Waals surface area contributed by atoms with Gasteiger partial charge in [0.15, 0.2) is 0 Å². The predicted octanol–water partition coefficient (Wildman–Crippen LogP) is 17.9. The zero-order valence-corrected chi connectivity index (χ0v) is 36.0. The number of fused-ring (bicyclic) bond motifs is 8. The van der Waals surface area contributed by atoms with E-state index in [1.165, 1.54) is 109 Å². The van der Waals surface area contributed by atoms with Gasteiger partial charge in [0.2, 0.25) is 0 Å². The summed E-state index contributed by atoms with van der Waals surface area (Å²) < 4.78 is 2.56. The molecule has 14 rings (SSSR count). The van der Waals surface area contributed by atoms with Gasteiger partial charge in [-0.3, -0.25) is 0 Å². The Morgan fingerprint density at radius 2 is 0.818 bits per heavy atom. The maximum absolute atomic E-state index is 2.56. The highest BCUT2D eigenvalue weighted by atomic mass is 15.1. The number of nitrogens with zero attached hydrogens (tertiary/aromatic N) is 2. The van der Waals surface area contributed by atoms with Crippen LogP contribution in [-0.4, -0.2) is 4.57 Å². The van der Waals surface area contributed by atoms with E-state index in [0.717, 1.165) is 22.7 Å². The first-order valence-corrected chi connectivity index (χ1v) is 22.8. The Morgan fingerprint density at radius 3 is 1.61 bits per heavy atom. The monoisotopic (exact) mass is 836 g/mol. The van der Waals surface area contributed by atoms with E-state index in [-0.39, 0.29) is 0 Å². The number of para-hydroxylation sites is 1. The molecule has 0 spiro atoms. The van der Waals surface area contributed by atoms with E-state index >= 15 is 0 Å². The summed E-state index contributed by atoms with van der Waals surface area (Å²) >= 11 is 0. The average molecular weight is 837 g/mol. The summed E-state index contributed by atoms with van der Waals surface area (Å²) in [5.74, 6) is 0. The quantitative estimate of drug-likeness (QED) is 0.152. The van der Waals surface area contributed by atoms with Gasteiger partial charge in [0, 0.05) is 38.5 Å². The molecule has 1 heterocycles. The summed E-state index contributed by atoms with van der Waals surface area (Å²) in [6.07, 6.45) is 0. The van der Waals surface area contributed by atoms with Gasteiger partial charge in [-0.05, 0) is 113 Å². The minimum absolute atomic E-state index is 1.12. The predicted molar refractivity (Wildman–Crippen MR) is 283 cm³/mol. The van der Waals surface area contributed by atoms with Crippen molar-refractivity contribution in [2.75, 3.05) is 4.90 Å². The van der Waals surface area contributed by atoms with Gasteiger partial charge in [0.25, 0.3) is 0 Å². The molecule has 306 valence electrons. The molecule has 0 aliphatic heterocycles. The number of aromatic nitrogens is 1. The molecule has 0 unspecified atom stereocenters. The second kappa shape index (κ2) is 14.4. The maximum atomic E-state index is 2.56. The molecular weight excluding hydrogens is 797 g/mol. The van der Waals surface area contributed by atoms with Crippen LogP contribution in [0.2, 0.25) is 0 Å². The summed E-state index contributed by atoms with van der Waals surface area (Å²) in [7, 11) is 0. The van der Waals surface area contributed by atoms with Crippen molar-refractivity contribution >= 4 is 103 Å². The molecule has 0 aliphatic carbocycles. The van der Waals surface area contributed by atoms with Crippen molar-refractivity contribution in [2.45, 2.75) is 0 Å². The van der Waals surface area contributed by atoms with Crippen LogP contribution in [0.25, 0.3) is 114 Å². The van der Waals surface area contributed by atoms with E-state index in [4.69, 9.17) is 0 Å². The standard InChI is InChI=1S/C64H40N2/c1-4-17-42(18-5-1)62-57-39-47-31-34-55-58(65(48-22-8-3-9-23-48)59-40-45-21-11-13-25-51(45)53-26-14-15-27-54(53)59)37-32-43-30-35-56(61(47)60(43)55)64(57)66(63(62)44-19-6-2-7-20-44)49-33-36-52-46(38-49)29-28-41-16-10-12-24-50(41)52/h1-40H. The molecule has 0 fully saturated rings. The number of hydrogen-bond acceptors (Lipinski definition) is 1. The van der Waals surface area contributed by atoms with E-state index in [0.29, 0.717) is 0 Å². The molecule has 0 bridgehead atoms. The van der Waals surface area contributed by atoms with Crippen LogP contribution >= 0.6 is 0 Å². The van der Waals surface area contributed by atoms with Crippen LogP contribution in [-0.2, 0) is 0 Å². The van der Waals surface area contributed by atoms with Crippen LogP contribution in [0.3, 0.4) is 0 Å². The first-order valence-electron chi connectivity index (χ1n) is 22.8. The summed E-state index contributed by atoms with van der Waals surface area (Å²) in [6.45, 7) is 0. The highest BCUT2D eigenvalue weighted by molar-refractivity contribution is 6.32. The van der Waals surface area contributed by atoms with Crippen molar-refractivity contribution in [3.05, 3.63) is 243 Å². The molecule has 0 atom stereocenters. The van der Waals surface area contributed by atoms with Crippen LogP contribution < -0.4 is 4.90 Å². The lowest BCUT2D eigenvalue weighted by Gasteiger charge is -2.29. The molecule has 2 nitrogen and oxygen atoms in total. The fourth-order valence-corrected chi connectivity index (χ4v) is 11.2. The number of rotatable bonds is 6. The fraction of sp³-hybridized carbons (Fsp3) is 0. The minimum Gasteiger partial charge on any atom is -0.309 e. The largest absolute Gasteiger partial charge is 0.309 e. The molecule has 0 amide bonds. The molecular formula is C64H40N2. The van der Waals surface area contributed by atoms with Gasteiger partial charge in [-0.1, -0.05) is 200 Å². The summed E-state index contributed by atoms with van der Waals surface area (Å²) in [6, 6.07) is 89.7. The van der Waals surface area contributed by atoms with E-state index in [2.05, 4.69) is 252 Å². The van der Waals surface area contributed by atoms with Gasteiger partial charge >= 0.3 is 0 Å². The molecule has 14 aromatic rings. The minimum atomic E-state index is 1.12. The number of anilines is 3. The Bertz CT molecular complexity index is 4210. The van der Waals surface area contributed by atoms with E-state index in [9.17, 15) is 0 Å². The van der Waals surface area contributed by atoms with Gasteiger partial charge in [-0.25, -0.2) is 0 Å². The molecule has 0 saturated heterocycles. The lowest BCUT2D eigenvalue weighted by molar-refractivity contribution is 1.15. The lowest BCUT2D eigenvalue weighted by Crippen LogP contribution is -2.11. The molecule has 1 aromatic heterocycles. The van der Waals surface area contributed by atoms with E-state index in [1.54, 1.807) is 0 Å². The van der Waals surface area contributed by atoms with Gasteiger partial charge in [0.1, 0.15) is 0 Å². The third-order valence-corrected chi connectivity index (χ3v) is 14.0. The highest BCUT2D eigenvalue weighted by Gasteiger charge is 2.27. The topological polar surface area (TPSA) is 8.17 Å². The van der Waals surface area contributed by atoms with Gasteiger partial charge in [-0.15, -0.1) is 0 Å². The summed E-state index contributed by atoms with van der Waals surface area (Å²) in [4.78, 5) is 2.48. The van der Waals surface area contributed by atoms with Crippen molar-refractivity contribution in [1.29, 1.82) is 0 Å². The normalized spacial score (nSPS) is 11.9. The molecule has 0 N–H and O–H groups in total. The first-order chi connectivity index (χ1) is 32.8. The lowest BCUT2D eigenvalue weighted by atomic mass is 9.90. The Morgan fingerprint density at radius 1 is 0.288 bits per heavy atom. The van der Waals surface area contributed by atoms with Crippen molar-refractivity contribution in [2.24, 2.45) is 0 Å². The van der Waals surface area contributed by atoms with Crippen LogP contribution in [0.15, 0.2) is 243 Å². The smallest absolute Gasteiger partial charge is 0.0620 e. The van der Waals surface area contributed by atoms with Crippen LogP contribution in [0.4, 0.5) is 17.1 Å². The second-order valence-corrected chi connectivity index (χ2v) is 17.6. The van der Waals surface area contributed by atoms with Crippen molar-refractivity contribution in [3.8, 4) is 28.1 Å². The summed E-state index contributed by atoms with van der Waals surface area (Å²) in [5, 5.41) is 18.6. The third kappa shape index (κ3) is 5.42. The Hall–Kier alpha value is -8.72. The maximum Gasteiger partial charge on any atom is 0.0620 e. The summed E-state index contributed by atoms with van der Waals surface area (Å²) in [5.41, 5.74) is 10.6. The first kappa shape index (κ1) is 36.7. The van der Waals surface area contributed by atoms with Crippen LogP contribution in [0.5, 0.6) is 0 Å². The third-order valence-electron chi connectivity index (χ3n) is 14.0. The highest BCUT2D eigenvalue weighted by Crippen LogP contribution is 2.51. The van der Waals surface area contributed by atoms with E-state index in [1.807, 2.05) is 0 Å². The molecule has 0 saturated carbocycles. The molecule has 2 heteroatoms. The second-order valence-electron chi connectivity index (χ2n) is 17.6. The molecule has 0 aliphatic rings. The Labute approximate surface area is 381 Å². The van der Waals surface area contributed by atoms with Crippen molar-refractivity contribution in [3.63, 3.8) is 0 Å². The fourth-order valence-electron chi connectivity index (χ4n) is 11.2. The van der Waals surface area contributed by atoms with E-state index < -0.39 is 0 Å². The SMILES string of the molecule is c1ccc(-c2c(-c3ccccc3)n(-c3ccc4c(ccc5ccccc54)c3)c3c2cc2ccc4c(N(c5ccccc5)c5cc6ccccc6c6ccccc56)ccc5ccc3c2c54)cc1. The zero-order valence-electron chi connectivity index (χ0n) is 36.0. The Balaban J connectivity index is 1.11. The number of hydrogen-bond donors (Lipinski definition) is 0. The van der Waals surface area contributed by atoms with Crippen molar-refractivity contribution < 1.29 is 0 Å². The van der Waals surface area contributed by atoms with Gasteiger partial charge < -0.3 is 9.47 Å². The molecule has 13 aromatic carbocycles. The zero-order chi connectivity index (χ0) is 43.3. The number of benzene rings is 13. The Kier molecular flexibility index (Phi) is 8.02. The van der Waals surface area contributed by atoms with Crippen LogP contribution in [0.1, 0.15) is 0 Å². The molecule has 0 radical (unpaired) electrons. The van der Waals surface area contributed by atoms with Gasteiger partial charge in [-0.2, -0.15) is 0 Å². The van der Waals surface area contributed by atoms with Crippen LogP contribution in [0, 0.1) is 0 Å². The molecule has 66 heavy (non-hydrogen) atoms. The van der Waals surface area contributed by atoms with Gasteiger partial charge in [0.05, 0.1) is 22.6 Å². The van der Waals surface area contributed by atoms with Crippen molar-refractivity contribution in [1.82, 2.24) is 4.57 Å². The average Bonchev–Trinajstić information content (AvgIpc) is 3.74.